The number of aliphatic hydroxyl groups excluding tert-OH is 1. The van der Waals surface area contributed by atoms with Crippen LogP contribution in [0.3, 0.4) is 0 Å². The summed E-state index contributed by atoms with van der Waals surface area (Å²) in [5.74, 6) is 0.444. The molecule has 0 aromatic carbocycles. The summed E-state index contributed by atoms with van der Waals surface area (Å²) < 4.78 is 52.8. The normalized spacial score (nSPS) is 18.3. The minimum atomic E-state index is -4.85. The Bertz CT molecular complexity index is 1410. The molecule has 2 aromatic heterocycles. The second kappa shape index (κ2) is 10.4. The highest BCUT2D eigenvalue weighted by Gasteiger charge is 2.41. The van der Waals surface area contributed by atoms with Gasteiger partial charge in [-0.1, -0.05) is 17.7 Å². The average Bonchev–Trinajstić information content (AvgIpc) is 3.19. The lowest BCUT2D eigenvalue weighted by Gasteiger charge is -2.41. The summed E-state index contributed by atoms with van der Waals surface area (Å²) in [6.45, 7) is 5.99. The van der Waals surface area contributed by atoms with Gasteiger partial charge in [0.2, 0.25) is 5.88 Å². The molecular weight excluding hydrogens is 513 g/mol. The number of fused-ring (bicyclic) bond motifs is 1. The maximum atomic E-state index is 13.7. The molecule has 9 nitrogen and oxygen atoms in total. The number of allylic oxidation sites excluding steroid dienone is 5. The Hall–Kier alpha value is -3.66. The molecule has 2 aliphatic rings. The molecule has 1 N–H and O–H groups in total. The van der Waals surface area contributed by atoms with Crippen LogP contribution < -0.4 is 4.90 Å². The van der Waals surface area contributed by atoms with Crippen molar-refractivity contribution in [2.45, 2.75) is 19.2 Å². The second-order valence-electron chi connectivity index (χ2n) is 8.18. The number of aliphatic hydroxyl groups is 1. The van der Waals surface area contributed by atoms with Crippen molar-refractivity contribution in [1.82, 2.24) is 14.6 Å². The zero-order valence-electron chi connectivity index (χ0n) is 19.9. The van der Waals surface area contributed by atoms with Crippen molar-refractivity contribution in [2.24, 2.45) is 4.99 Å². The number of alkyl halides is 3. The Labute approximate surface area is 215 Å². The van der Waals surface area contributed by atoms with Crippen LogP contribution in [0.4, 0.5) is 19.0 Å². The number of rotatable bonds is 7. The van der Waals surface area contributed by atoms with Gasteiger partial charge in [0.05, 0.1) is 37.8 Å². The molecule has 13 heteroatoms. The highest BCUT2D eigenvalue weighted by Crippen LogP contribution is 2.37. The quantitative estimate of drug-likeness (QED) is 0.539. The number of hydrogen-bond donors (Lipinski definition) is 1. The number of halogens is 4. The van der Waals surface area contributed by atoms with Crippen molar-refractivity contribution in [3.05, 3.63) is 63.8 Å². The summed E-state index contributed by atoms with van der Waals surface area (Å²) in [5, 5.41) is 22.7. The van der Waals surface area contributed by atoms with Gasteiger partial charge in [0, 0.05) is 29.3 Å². The Morgan fingerprint density at radius 1 is 1.41 bits per heavy atom. The maximum Gasteiger partial charge on any atom is 0.436 e. The van der Waals surface area contributed by atoms with E-state index in [9.17, 15) is 18.4 Å². The molecule has 0 atom stereocenters. The number of ether oxygens (including phenoxy) is 2. The van der Waals surface area contributed by atoms with Crippen molar-refractivity contribution in [3.8, 4) is 6.07 Å². The Kier molecular flexibility index (Phi) is 7.40. The van der Waals surface area contributed by atoms with Crippen LogP contribution in [0.5, 0.6) is 0 Å². The SMILES string of the molecule is C=C(/N=C1/C=C(Cl)C=C/C1=C\c1c(C)nc2c(C#N)c(C(F)(F)F)nn2c1N1CC(OCCO)C1)OC. The fraction of sp³-hybridized carbons (Fsp3) is 0.333. The van der Waals surface area contributed by atoms with Gasteiger partial charge in [-0.2, -0.15) is 28.0 Å². The first-order chi connectivity index (χ1) is 17.6. The van der Waals surface area contributed by atoms with Crippen LogP contribution in [-0.4, -0.2) is 64.9 Å². The third kappa shape index (κ3) is 5.24. The van der Waals surface area contributed by atoms with E-state index < -0.39 is 17.4 Å². The molecule has 0 amide bonds. The molecule has 0 unspecified atom stereocenters. The van der Waals surface area contributed by atoms with Gasteiger partial charge in [-0.25, -0.2) is 9.98 Å². The molecule has 37 heavy (non-hydrogen) atoms. The number of aryl methyl sites for hydroxylation is 1. The van der Waals surface area contributed by atoms with Crippen LogP contribution in [0, 0.1) is 18.3 Å². The van der Waals surface area contributed by atoms with Gasteiger partial charge in [0.25, 0.3) is 0 Å². The number of nitriles is 1. The van der Waals surface area contributed by atoms with Crippen LogP contribution in [-0.2, 0) is 15.7 Å². The van der Waals surface area contributed by atoms with Gasteiger partial charge in [0.15, 0.2) is 11.3 Å². The minimum absolute atomic E-state index is 0.134. The first-order valence-electron chi connectivity index (χ1n) is 11.0. The molecule has 0 bridgehead atoms. The van der Waals surface area contributed by atoms with Crippen LogP contribution >= 0.6 is 11.6 Å². The molecule has 3 heterocycles. The van der Waals surface area contributed by atoms with E-state index in [-0.39, 0.29) is 30.8 Å². The predicted molar refractivity (Wildman–Crippen MR) is 131 cm³/mol. The summed E-state index contributed by atoms with van der Waals surface area (Å²) in [6.07, 6.45) is 1.57. The number of aliphatic imine (C=N–C) groups is 1. The molecule has 1 aliphatic carbocycles. The van der Waals surface area contributed by atoms with E-state index in [2.05, 4.69) is 21.7 Å². The number of nitrogens with zero attached hydrogens (tertiary/aromatic N) is 6. The summed E-state index contributed by atoms with van der Waals surface area (Å²) in [6, 6.07) is 1.60. The van der Waals surface area contributed by atoms with E-state index in [1.807, 2.05) is 0 Å². The van der Waals surface area contributed by atoms with Crippen LogP contribution in [0.15, 0.2) is 46.3 Å². The summed E-state index contributed by atoms with van der Waals surface area (Å²) in [7, 11) is 1.42. The van der Waals surface area contributed by atoms with Crippen LogP contribution in [0.25, 0.3) is 11.7 Å². The summed E-state index contributed by atoms with van der Waals surface area (Å²) in [4.78, 5) is 10.4. The third-order valence-electron chi connectivity index (χ3n) is 5.71. The topological polar surface area (TPSA) is 108 Å². The Morgan fingerprint density at radius 3 is 2.76 bits per heavy atom. The fourth-order valence-corrected chi connectivity index (χ4v) is 4.10. The molecular formula is C24H22ClF3N6O3. The summed E-state index contributed by atoms with van der Waals surface area (Å²) >= 11 is 6.16. The third-order valence-corrected chi connectivity index (χ3v) is 5.95. The van der Waals surface area contributed by atoms with Gasteiger partial charge in [-0.05, 0) is 31.7 Å². The zero-order chi connectivity index (χ0) is 26.9. The zero-order valence-corrected chi connectivity index (χ0v) is 20.6. The highest BCUT2D eigenvalue weighted by molar-refractivity contribution is 6.35. The van der Waals surface area contributed by atoms with Gasteiger partial charge < -0.3 is 19.5 Å². The number of hydrogen-bond acceptors (Lipinski definition) is 8. The van der Waals surface area contributed by atoms with Crippen molar-refractivity contribution >= 4 is 34.9 Å². The summed E-state index contributed by atoms with van der Waals surface area (Å²) in [5.41, 5.74) is -0.331. The molecule has 194 valence electrons. The van der Waals surface area contributed by atoms with E-state index in [0.717, 1.165) is 4.52 Å². The molecule has 2 aromatic rings. The Balaban J connectivity index is 1.93. The molecule has 0 saturated carbocycles. The van der Waals surface area contributed by atoms with E-state index in [1.54, 1.807) is 42.2 Å². The number of methoxy groups -OCH3 is 1. The van der Waals surface area contributed by atoms with Gasteiger partial charge in [-0.15, -0.1) is 0 Å². The van der Waals surface area contributed by atoms with Crippen molar-refractivity contribution in [3.63, 3.8) is 0 Å². The molecule has 1 aliphatic heterocycles. The maximum absolute atomic E-state index is 13.7. The van der Waals surface area contributed by atoms with Crippen LogP contribution in [0.1, 0.15) is 22.5 Å². The second-order valence-corrected chi connectivity index (χ2v) is 8.62. The van der Waals surface area contributed by atoms with Crippen molar-refractivity contribution in [1.29, 1.82) is 5.26 Å². The smallest absolute Gasteiger partial charge is 0.436 e. The first kappa shape index (κ1) is 26.4. The van der Waals surface area contributed by atoms with Crippen LogP contribution in [0.2, 0.25) is 0 Å². The predicted octanol–water partition coefficient (Wildman–Crippen LogP) is 3.76. The average molecular weight is 535 g/mol. The number of aromatic nitrogens is 3. The molecule has 1 fully saturated rings. The highest BCUT2D eigenvalue weighted by atomic mass is 35.5. The van der Waals surface area contributed by atoms with E-state index in [1.165, 1.54) is 7.11 Å². The van der Waals surface area contributed by atoms with E-state index in [4.69, 9.17) is 26.2 Å². The van der Waals surface area contributed by atoms with Crippen molar-refractivity contribution in [2.75, 3.05) is 38.3 Å². The molecule has 1 saturated heterocycles. The van der Waals surface area contributed by atoms with Crippen molar-refractivity contribution < 1.29 is 27.8 Å². The lowest BCUT2D eigenvalue weighted by Crippen LogP contribution is -2.53. The standard InChI is InChI=1S/C24H22ClF3N6O3/c1-13-18(8-15-4-5-16(25)9-20(15)31-14(2)36-3)23(33-11-17(12-33)37-7-6-35)34-22(30-13)19(10-29)21(32-34)24(26,27)28/h4-5,8-9,17,35H,2,6-7,11-12H2,1,3H3/b15-8+,31-20-. The molecule has 4 rings (SSSR count). The minimum Gasteiger partial charge on any atom is -0.481 e. The van der Waals surface area contributed by atoms with E-state index in [0.29, 0.717) is 46.5 Å². The van der Waals surface area contributed by atoms with Gasteiger partial charge in [-0.3, -0.25) is 0 Å². The lowest BCUT2D eigenvalue weighted by atomic mass is 10.0. The Morgan fingerprint density at radius 2 is 2.14 bits per heavy atom. The molecule has 0 radical (unpaired) electrons. The first-order valence-corrected chi connectivity index (χ1v) is 11.4. The number of anilines is 1. The van der Waals surface area contributed by atoms with Gasteiger partial charge in [0.1, 0.15) is 17.5 Å². The monoisotopic (exact) mass is 534 g/mol. The van der Waals surface area contributed by atoms with Gasteiger partial charge >= 0.3 is 6.18 Å². The largest absolute Gasteiger partial charge is 0.481 e. The lowest BCUT2D eigenvalue weighted by molar-refractivity contribution is -0.141. The van der Waals surface area contributed by atoms with E-state index >= 15 is 0 Å². The molecule has 0 spiro atoms. The fourth-order valence-electron chi connectivity index (χ4n) is 3.94.